The Morgan fingerprint density at radius 3 is 0.463 bits per heavy atom. The van der Waals surface area contributed by atoms with E-state index in [9.17, 15) is 0 Å². The van der Waals surface area contributed by atoms with Crippen LogP contribution >= 0.6 is 12.4 Å². The fraction of sp³-hybridized carbons (Fsp3) is 1.00. The molecule has 9 heteroatoms. The SMILES string of the molecule is C1CCC2C3NC(NC4NC(NC5NC(NC6NC(N3)C3CCCCC63)C3CCCCC53)C3CCCCC43)C2C1.Cl. The first kappa shape index (κ1) is 28.4. The molecule has 0 aromatic rings. The van der Waals surface area contributed by atoms with Gasteiger partial charge in [0.2, 0.25) is 0 Å². The van der Waals surface area contributed by atoms with Crippen molar-refractivity contribution in [3.63, 3.8) is 0 Å². The molecule has 232 valence electrons. The first-order chi connectivity index (χ1) is 19.8. The molecule has 4 saturated carbocycles. The van der Waals surface area contributed by atoms with Gasteiger partial charge in [-0.2, -0.15) is 0 Å². The van der Waals surface area contributed by atoms with Crippen LogP contribution in [0.4, 0.5) is 0 Å². The summed E-state index contributed by atoms with van der Waals surface area (Å²) in [5, 5.41) is 33.8. The van der Waals surface area contributed by atoms with Crippen LogP contribution in [-0.4, -0.2) is 49.3 Å². The van der Waals surface area contributed by atoms with Gasteiger partial charge < -0.3 is 0 Å². The van der Waals surface area contributed by atoms with Crippen molar-refractivity contribution in [3.8, 4) is 0 Å². The van der Waals surface area contributed by atoms with Gasteiger partial charge in [-0.25, -0.2) is 0 Å². The quantitative estimate of drug-likeness (QED) is 0.219. The molecule has 0 spiro atoms. The molecule has 9 fully saturated rings. The van der Waals surface area contributed by atoms with E-state index in [0.717, 1.165) is 47.3 Å². The fourth-order valence-corrected chi connectivity index (χ4v) is 12.0. The monoisotopic (exact) mass is 588 g/mol. The van der Waals surface area contributed by atoms with E-state index in [1.54, 1.807) is 0 Å². The van der Waals surface area contributed by atoms with Crippen molar-refractivity contribution in [2.45, 2.75) is 152 Å². The predicted molar refractivity (Wildman–Crippen MR) is 164 cm³/mol. The zero-order valence-corrected chi connectivity index (χ0v) is 25.8. The molecule has 8 bridgehead atoms. The maximum absolute atomic E-state index is 4.26. The number of rotatable bonds is 0. The van der Waals surface area contributed by atoms with E-state index in [-0.39, 0.29) is 12.4 Å². The van der Waals surface area contributed by atoms with Crippen LogP contribution in [0.2, 0.25) is 0 Å². The zero-order valence-electron chi connectivity index (χ0n) is 25.0. The zero-order chi connectivity index (χ0) is 26.2. The molecule has 8 N–H and O–H groups in total. The predicted octanol–water partition coefficient (Wildman–Crippen LogP) is 3.03. The molecule has 4 aliphatic carbocycles. The lowest BCUT2D eigenvalue weighted by atomic mass is 9.76. The third kappa shape index (κ3) is 4.94. The van der Waals surface area contributed by atoms with E-state index in [1.807, 2.05) is 0 Å². The summed E-state index contributed by atoms with van der Waals surface area (Å²) in [6, 6.07) is 0. The Kier molecular flexibility index (Phi) is 8.13. The van der Waals surface area contributed by atoms with Gasteiger partial charge in [-0.3, -0.25) is 42.5 Å². The minimum absolute atomic E-state index is 0. The highest BCUT2D eigenvalue weighted by atomic mass is 35.5. The second kappa shape index (κ2) is 11.7. The van der Waals surface area contributed by atoms with Gasteiger partial charge >= 0.3 is 0 Å². The second-order valence-corrected chi connectivity index (χ2v) is 15.6. The Labute approximate surface area is 254 Å². The molecule has 0 radical (unpaired) electrons. The summed E-state index contributed by atoms with van der Waals surface area (Å²) >= 11 is 0. The maximum Gasteiger partial charge on any atom is 0.0628 e. The van der Waals surface area contributed by atoms with Crippen LogP contribution in [0.15, 0.2) is 0 Å². The largest absolute Gasteiger partial charge is 0.286 e. The van der Waals surface area contributed by atoms with Gasteiger partial charge in [0, 0.05) is 0 Å². The first-order valence-electron chi connectivity index (χ1n) is 17.9. The third-order valence-electron chi connectivity index (χ3n) is 13.8. The number of hydrogen-bond acceptors (Lipinski definition) is 8. The molecule has 5 saturated heterocycles. The van der Waals surface area contributed by atoms with Gasteiger partial charge in [0.1, 0.15) is 0 Å². The van der Waals surface area contributed by atoms with Gasteiger partial charge in [-0.15, -0.1) is 12.4 Å². The van der Waals surface area contributed by atoms with Gasteiger partial charge in [-0.1, -0.05) is 51.4 Å². The summed E-state index contributed by atoms with van der Waals surface area (Å²) < 4.78 is 0. The van der Waals surface area contributed by atoms with Crippen LogP contribution in [0.1, 0.15) is 103 Å². The topological polar surface area (TPSA) is 96.2 Å². The van der Waals surface area contributed by atoms with Crippen molar-refractivity contribution in [1.29, 1.82) is 0 Å². The molecule has 0 aromatic heterocycles. The molecular formula is C32H57ClN8. The molecule has 9 rings (SSSR count). The summed E-state index contributed by atoms with van der Waals surface area (Å²) in [7, 11) is 0. The highest BCUT2D eigenvalue weighted by molar-refractivity contribution is 5.85. The first-order valence-corrected chi connectivity index (χ1v) is 17.9. The van der Waals surface area contributed by atoms with Crippen LogP contribution in [-0.2, 0) is 0 Å². The number of hydrogen-bond donors (Lipinski definition) is 8. The fourth-order valence-electron chi connectivity index (χ4n) is 12.0. The van der Waals surface area contributed by atoms with Crippen molar-refractivity contribution in [1.82, 2.24) is 42.5 Å². The number of nitrogens with one attached hydrogen (secondary N) is 8. The smallest absolute Gasteiger partial charge is 0.0628 e. The third-order valence-corrected chi connectivity index (χ3v) is 13.8. The van der Waals surface area contributed by atoms with E-state index < -0.39 is 0 Å². The molecule has 8 nitrogen and oxygen atoms in total. The van der Waals surface area contributed by atoms with Crippen LogP contribution in [0, 0.1) is 47.3 Å². The van der Waals surface area contributed by atoms with E-state index in [1.165, 1.54) is 103 Å². The minimum Gasteiger partial charge on any atom is -0.286 e. The van der Waals surface area contributed by atoms with Crippen molar-refractivity contribution in [3.05, 3.63) is 0 Å². The Morgan fingerprint density at radius 2 is 0.341 bits per heavy atom. The summed E-state index contributed by atoms with van der Waals surface area (Å²) in [6.07, 6.45) is 25.6. The lowest BCUT2D eigenvalue weighted by Gasteiger charge is -2.35. The Morgan fingerprint density at radius 1 is 0.220 bits per heavy atom. The van der Waals surface area contributed by atoms with Gasteiger partial charge in [0.25, 0.3) is 0 Å². The lowest BCUT2D eigenvalue weighted by Crippen LogP contribution is -2.61. The summed E-state index contributed by atoms with van der Waals surface area (Å²) in [5.41, 5.74) is 0. The summed E-state index contributed by atoms with van der Waals surface area (Å²) in [6.45, 7) is 0. The summed E-state index contributed by atoms with van der Waals surface area (Å²) in [4.78, 5) is 0. The molecule has 8 unspecified atom stereocenters. The van der Waals surface area contributed by atoms with E-state index in [2.05, 4.69) is 42.5 Å². The van der Waals surface area contributed by atoms with E-state index >= 15 is 0 Å². The lowest BCUT2D eigenvalue weighted by molar-refractivity contribution is 0.167. The van der Waals surface area contributed by atoms with Crippen molar-refractivity contribution < 1.29 is 0 Å². The van der Waals surface area contributed by atoms with Gasteiger partial charge in [0.05, 0.1) is 49.3 Å². The normalized spacial score (nSPS) is 56.2. The van der Waals surface area contributed by atoms with Gasteiger partial charge in [0.15, 0.2) is 0 Å². The van der Waals surface area contributed by atoms with E-state index in [0.29, 0.717) is 49.3 Å². The minimum atomic E-state index is 0. The standard InChI is InChI=1S/C32H56N8.ClH/c1-2-10-18-17(9-1)25-33-26(18)38-28-21-13-5-6-14-22(21)30(35-28)40-32-24-16-8-7-15-23(24)31(36-32)39-29-20-12-4-3-11-19(20)27(34-29)37-25;/h17-40H,1-16H2;1H. The molecule has 0 amide bonds. The average Bonchev–Trinajstić information content (AvgIpc) is 3.73. The molecular weight excluding hydrogens is 532 g/mol. The van der Waals surface area contributed by atoms with Crippen LogP contribution < -0.4 is 42.5 Å². The second-order valence-electron chi connectivity index (χ2n) is 15.6. The van der Waals surface area contributed by atoms with Crippen molar-refractivity contribution >= 4 is 12.4 Å². The molecule has 5 heterocycles. The summed E-state index contributed by atoms with van der Waals surface area (Å²) in [5.74, 6) is 5.97. The highest BCUT2D eigenvalue weighted by Crippen LogP contribution is 2.45. The van der Waals surface area contributed by atoms with Crippen molar-refractivity contribution in [2.24, 2.45) is 47.3 Å². The van der Waals surface area contributed by atoms with Crippen LogP contribution in [0.5, 0.6) is 0 Å². The van der Waals surface area contributed by atoms with Crippen LogP contribution in [0.25, 0.3) is 0 Å². The highest BCUT2D eigenvalue weighted by Gasteiger charge is 2.54. The average molecular weight is 589 g/mol. The molecule has 41 heavy (non-hydrogen) atoms. The Hall–Kier alpha value is -0.0300. The Bertz CT molecular complexity index is 716. The number of fused-ring (bicyclic) bond motifs is 20. The molecule has 9 aliphatic rings. The molecule has 8 atom stereocenters. The molecule has 0 aromatic carbocycles. The van der Waals surface area contributed by atoms with Crippen molar-refractivity contribution in [2.75, 3.05) is 0 Å². The van der Waals surface area contributed by atoms with E-state index in [4.69, 9.17) is 0 Å². The Balaban J connectivity index is 0.00000256. The van der Waals surface area contributed by atoms with Gasteiger partial charge in [-0.05, 0) is 98.7 Å². The van der Waals surface area contributed by atoms with Crippen LogP contribution in [0.3, 0.4) is 0 Å². The number of halogens is 1. The molecule has 5 aliphatic heterocycles. The maximum atomic E-state index is 4.26.